The monoisotopic (exact) mass is 343 g/mol. The van der Waals surface area contributed by atoms with Crippen LogP contribution >= 0.6 is 0 Å². The molecule has 0 aromatic carbocycles. The van der Waals surface area contributed by atoms with Crippen molar-refractivity contribution in [3.05, 3.63) is 0 Å². The largest absolute Gasteiger partial charge is 0.381 e. The summed E-state index contributed by atoms with van der Waals surface area (Å²) in [6.45, 7) is 2.37. The molecule has 4 rings (SSSR count). The summed E-state index contributed by atoms with van der Waals surface area (Å²) in [5, 5.41) is 0. The van der Waals surface area contributed by atoms with Crippen LogP contribution in [0.3, 0.4) is 0 Å². The van der Waals surface area contributed by atoms with E-state index in [-0.39, 0.29) is 17.2 Å². The Bertz CT molecular complexity index is 523. The van der Waals surface area contributed by atoms with Gasteiger partial charge in [-0.15, -0.1) is 0 Å². The van der Waals surface area contributed by atoms with E-state index in [1.807, 2.05) is 0 Å². The maximum Gasteiger partial charge on any atom is 0.211 e. The first-order valence-electron chi connectivity index (χ1n) is 9.30. The van der Waals surface area contributed by atoms with Gasteiger partial charge in [0.2, 0.25) is 10.0 Å². The molecule has 2 aliphatic carbocycles. The Morgan fingerprint density at radius 1 is 1.04 bits per heavy atom. The summed E-state index contributed by atoms with van der Waals surface area (Å²) in [6.07, 6.45) is 8.78. The van der Waals surface area contributed by atoms with E-state index in [0.717, 1.165) is 58.3 Å². The van der Waals surface area contributed by atoms with E-state index in [1.54, 1.807) is 0 Å². The highest BCUT2D eigenvalue weighted by Gasteiger charge is 2.65. The van der Waals surface area contributed by atoms with Gasteiger partial charge in [0.25, 0.3) is 0 Å². The van der Waals surface area contributed by atoms with Crippen molar-refractivity contribution in [3.8, 4) is 0 Å². The lowest BCUT2D eigenvalue weighted by Gasteiger charge is -2.56. The van der Waals surface area contributed by atoms with Crippen molar-refractivity contribution in [2.75, 3.05) is 25.6 Å². The van der Waals surface area contributed by atoms with Crippen LogP contribution in [0.5, 0.6) is 0 Å². The van der Waals surface area contributed by atoms with E-state index in [0.29, 0.717) is 17.9 Å². The van der Waals surface area contributed by atoms with Crippen LogP contribution in [0.25, 0.3) is 0 Å². The summed E-state index contributed by atoms with van der Waals surface area (Å²) < 4.78 is 39.6. The fourth-order valence-electron chi connectivity index (χ4n) is 5.47. The van der Waals surface area contributed by atoms with Crippen LogP contribution in [0, 0.1) is 17.3 Å². The average molecular weight is 343 g/mol. The van der Waals surface area contributed by atoms with Crippen LogP contribution < -0.4 is 4.72 Å². The first-order valence-corrected chi connectivity index (χ1v) is 11.0. The van der Waals surface area contributed by atoms with Gasteiger partial charge >= 0.3 is 0 Å². The predicted octanol–water partition coefficient (Wildman–Crippen LogP) is 2.07. The minimum Gasteiger partial charge on any atom is -0.381 e. The predicted molar refractivity (Wildman–Crippen MR) is 87.6 cm³/mol. The van der Waals surface area contributed by atoms with Gasteiger partial charge in [-0.3, -0.25) is 0 Å². The van der Waals surface area contributed by atoms with Crippen molar-refractivity contribution in [1.29, 1.82) is 0 Å². The summed E-state index contributed by atoms with van der Waals surface area (Å²) in [5.74, 6) is 1.18. The molecular weight excluding hydrogens is 314 g/mol. The lowest BCUT2D eigenvalue weighted by atomic mass is 9.55. The van der Waals surface area contributed by atoms with Crippen LogP contribution in [0.1, 0.15) is 51.4 Å². The first-order chi connectivity index (χ1) is 11.1. The molecule has 3 atom stereocenters. The highest BCUT2D eigenvalue weighted by Crippen LogP contribution is 2.60. The van der Waals surface area contributed by atoms with E-state index < -0.39 is 10.0 Å². The van der Waals surface area contributed by atoms with Gasteiger partial charge in [-0.05, 0) is 44.4 Å². The number of hydrogen-bond donors (Lipinski definition) is 1. The molecule has 0 bridgehead atoms. The van der Waals surface area contributed by atoms with Gasteiger partial charge in [-0.25, -0.2) is 13.1 Å². The van der Waals surface area contributed by atoms with Gasteiger partial charge in [0, 0.05) is 37.2 Å². The van der Waals surface area contributed by atoms with Crippen LogP contribution in [0.2, 0.25) is 0 Å². The molecule has 3 unspecified atom stereocenters. The number of rotatable bonds is 5. The zero-order chi connectivity index (χ0) is 15.9. The summed E-state index contributed by atoms with van der Waals surface area (Å²) in [6, 6.07) is 0.122. The second-order valence-corrected chi connectivity index (χ2v) is 9.82. The zero-order valence-electron chi connectivity index (χ0n) is 13.8. The maximum atomic E-state index is 12.6. The Kier molecular flexibility index (Phi) is 4.45. The van der Waals surface area contributed by atoms with Crippen LogP contribution in [0.15, 0.2) is 0 Å². The minimum absolute atomic E-state index is 0.104. The average Bonchev–Trinajstić information content (AvgIpc) is 3.20. The second-order valence-electron chi connectivity index (χ2n) is 7.94. The molecule has 6 heteroatoms. The van der Waals surface area contributed by atoms with E-state index in [9.17, 15) is 8.42 Å². The summed E-state index contributed by atoms with van der Waals surface area (Å²) in [4.78, 5) is 0. The molecule has 0 radical (unpaired) electrons. The highest BCUT2D eigenvalue weighted by atomic mass is 32.2. The summed E-state index contributed by atoms with van der Waals surface area (Å²) in [7, 11) is -3.19. The molecule has 2 aliphatic heterocycles. The Morgan fingerprint density at radius 2 is 1.78 bits per heavy atom. The third-order valence-corrected chi connectivity index (χ3v) is 8.11. The summed E-state index contributed by atoms with van der Waals surface area (Å²) >= 11 is 0. The fraction of sp³-hybridized carbons (Fsp3) is 1.00. The van der Waals surface area contributed by atoms with E-state index in [4.69, 9.17) is 9.47 Å². The highest BCUT2D eigenvalue weighted by molar-refractivity contribution is 7.89. The topological polar surface area (TPSA) is 64.6 Å². The molecule has 0 aromatic heterocycles. The van der Waals surface area contributed by atoms with E-state index in [1.165, 1.54) is 12.8 Å². The third-order valence-electron chi connectivity index (χ3n) is 6.73. The fourth-order valence-corrected chi connectivity index (χ4v) is 7.03. The van der Waals surface area contributed by atoms with Gasteiger partial charge in [0.1, 0.15) is 0 Å². The van der Waals surface area contributed by atoms with Gasteiger partial charge in [-0.2, -0.15) is 0 Å². The van der Waals surface area contributed by atoms with Gasteiger partial charge < -0.3 is 9.47 Å². The molecule has 5 nitrogen and oxygen atoms in total. The molecule has 1 spiro atoms. The molecule has 0 aromatic rings. The van der Waals surface area contributed by atoms with E-state index >= 15 is 0 Å². The smallest absolute Gasteiger partial charge is 0.211 e. The van der Waals surface area contributed by atoms with Gasteiger partial charge in [0.05, 0.1) is 11.9 Å². The quantitative estimate of drug-likeness (QED) is 0.830. The second kappa shape index (κ2) is 6.28. The van der Waals surface area contributed by atoms with Crippen LogP contribution in [0.4, 0.5) is 0 Å². The molecule has 0 amide bonds. The minimum atomic E-state index is -3.19. The van der Waals surface area contributed by atoms with E-state index in [2.05, 4.69) is 4.72 Å². The molecule has 4 fully saturated rings. The molecule has 23 heavy (non-hydrogen) atoms. The van der Waals surface area contributed by atoms with Crippen molar-refractivity contribution in [1.82, 2.24) is 4.72 Å². The van der Waals surface area contributed by atoms with Crippen molar-refractivity contribution in [2.45, 2.75) is 63.5 Å². The normalized spacial score (nSPS) is 37.0. The van der Waals surface area contributed by atoms with Crippen molar-refractivity contribution < 1.29 is 17.9 Å². The Labute approximate surface area is 139 Å². The molecule has 132 valence electrons. The molecule has 2 saturated carbocycles. The van der Waals surface area contributed by atoms with Crippen molar-refractivity contribution in [2.24, 2.45) is 17.3 Å². The number of fused-ring (bicyclic) bond motifs is 2. The van der Waals surface area contributed by atoms with Crippen LogP contribution in [-0.2, 0) is 19.5 Å². The van der Waals surface area contributed by atoms with Gasteiger partial charge in [-0.1, -0.05) is 12.8 Å². The lowest BCUT2D eigenvalue weighted by molar-refractivity contribution is -0.123. The number of sulfonamides is 1. The van der Waals surface area contributed by atoms with Gasteiger partial charge in [0.15, 0.2) is 0 Å². The van der Waals surface area contributed by atoms with Crippen molar-refractivity contribution >= 4 is 10.0 Å². The Morgan fingerprint density at radius 3 is 2.52 bits per heavy atom. The Balaban J connectivity index is 1.37. The SMILES string of the molecule is O=S(=O)(CCC1CCOCC1)NC1C2CCOC2C12CCCC2. The molecule has 2 saturated heterocycles. The summed E-state index contributed by atoms with van der Waals surface area (Å²) in [5.41, 5.74) is 0.104. The molecular formula is C17H29NO4S. The standard InChI is InChI=1S/C17H29NO4S/c19-23(20,12-6-13-3-9-21-10-4-13)18-15-14-5-11-22-16(14)17(15)7-1-2-8-17/h13-16,18H,1-12H2. The lowest BCUT2D eigenvalue weighted by Crippen LogP contribution is -2.68. The first kappa shape index (κ1) is 16.3. The maximum absolute atomic E-state index is 12.6. The zero-order valence-corrected chi connectivity index (χ0v) is 14.7. The Hall–Kier alpha value is -0.170. The number of hydrogen-bond acceptors (Lipinski definition) is 4. The molecule has 1 N–H and O–H groups in total. The number of nitrogens with one attached hydrogen (secondary N) is 1. The third kappa shape index (κ3) is 2.96. The molecule has 2 heterocycles. The number of ether oxygens (including phenoxy) is 2. The van der Waals surface area contributed by atoms with Crippen LogP contribution in [-0.4, -0.2) is 46.1 Å². The molecule has 4 aliphatic rings. The van der Waals surface area contributed by atoms with Crippen molar-refractivity contribution in [3.63, 3.8) is 0 Å².